The van der Waals surface area contributed by atoms with Crippen LogP contribution in [0, 0.1) is 20.8 Å². The molecule has 1 atom stereocenters. The molecule has 2 aromatic carbocycles. The number of aryl methyl sites for hydroxylation is 3. The third-order valence-corrected chi connectivity index (χ3v) is 5.16. The smallest absolute Gasteiger partial charge is 0.254 e. The number of benzene rings is 2. The maximum Gasteiger partial charge on any atom is 0.254 e. The van der Waals surface area contributed by atoms with Crippen molar-refractivity contribution < 1.29 is 9.32 Å². The number of carbonyl (C=O) groups excluding carboxylic acids is 1. The zero-order valence-electron chi connectivity index (χ0n) is 15.9. The normalized spacial score (nSPS) is 16.7. The summed E-state index contributed by atoms with van der Waals surface area (Å²) in [7, 11) is 0. The van der Waals surface area contributed by atoms with Gasteiger partial charge >= 0.3 is 0 Å². The van der Waals surface area contributed by atoms with E-state index in [2.05, 4.69) is 10.1 Å². The molecule has 3 aromatic rings. The molecule has 1 fully saturated rings. The highest BCUT2D eigenvalue weighted by molar-refractivity contribution is 5.96. The molecule has 0 saturated carbocycles. The van der Waals surface area contributed by atoms with Crippen LogP contribution in [-0.4, -0.2) is 27.5 Å². The van der Waals surface area contributed by atoms with Gasteiger partial charge in [-0.2, -0.15) is 4.98 Å². The Labute approximate surface area is 159 Å². The summed E-state index contributed by atoms with van der Waals surface area (Å²) in [5.41, 5.74) is 4.99. The Kier molecular flexibility index (Phi) is 4.52. The van der Waals surface area contributed by atoms with Crippen LogP contribution in [0.4, 0.5) is 0 Å². The van der Waals surface area contributed by atoms with Gasteiger partial charge in [0.2, 0.25) is 11.7 Å². The van der Waals surface area contributed by atoms with Crippen LogP contribution < -0.4 is 0 Å². The Morgan fingerprint density at radius 3 is 2.56 bits per heavy atom. The van der Waals surface area contributed by atoms with Crippen molar-refractivity contribution in [3.63, 3.8) is 0 Å². The van der Waals surface area contributed by atoms with Crippen LogP contribution in [0.15, 0.2) is 47.0 Å². The van der Waals surface area contributed by atoms with Crippen molar-refractivity contribution in [3.05, 3.63) is 70.6 Å². The molecule has 0 bridgehead atoms. The van der Waals surface area contributed by atoms with Gasteiger partial charge in [-0.3, -0.25) is 4.79 Å². The van der Waals surface area contributed by atoms with Crippen LogP contribution in [0.1, 0.15) is 51.8 Å². The molecule has 2 heterocycles. The van der Waals surface area contributed by atoms with Crippen LogP contribution in [-0.2, 0) is 0 Å². The van der Waals surface area contributed by atoms with Gasteiger partial charge in [-0.05, 0) is 45.2 Å². The number of amides is 1. The zero-order valence-corrected chi connectivity index (χ0v) is 15.9. The van der Waals surface area contributed by atoms with Gasteiger partial charge < -0.3 is 9.42 Å². The first-order chi connectivity index (χ1) is 13.0. The Balaban J connectivity index is 1.60. The van der Waals surface area contributed by atoms with E-state index in [4.69, 9.17) is 4.52 Å². The van der Waals surface area contributed by atoms with E-state index in [-0.39, 0.29) is 11.9 Å². The van der Waals surface area contributed by atoms with E-state index >= 15 is 0 Å². The van der Waals surface area contributed by atoms with E-state index < -0.39 is 0 Å². The minimum atomic E-state index is -0.162. The van der Waals surface area contributed by atoms with Gasteiger partial charge in [0, 0.05) is 17.7 Å². The minimum Gasteiger partial charge on any atom is -0.337 e. The highest BCUT2D eigenvalue weighted by Gasteiger charge is 2.35. The van der Waals surface area contributed by atoms with Crippen LogP contribution in [0.3, 0.4) is 0 Å². The van der Waals surface area contributed by atoms with Gasteiger partial charge in [-0.15, -0.1) is 0 Å². The molecule has 0 spiro atoms. The second-order valence-electron chi connectivity index (χ2n) is 7.30. The van der Waals surface area contributed by atoms with E-state index in [0.717, 1.165) is 35.1 Å². The molecule has 1 saturated heterocycles. The monoisotopic (exact) mass is 361 g/mol. The standard InChI is InChI=1S/C22H23N3O2/c1-14-6-9-17(10-7-14)20-23-21(27-24-20)19-5-4-12-25(19)22(26)18-11-8-15(2)13-16(18)3/h6-11,13,19H,4-5,12H2,1-3H3/t19-/m1/s1. The van der Waals surface area contributed by atoms with Crippen molar-refractivity contribution in [2.75, 3.05) is 6.54 Å². The number of nitrogens with zero attached hydrogens (tertiary/aromatic N) is 3. The molecule has 0 N–H and O–H groups in total. The Morgan fingerprint density at radius 2 is 1.81 bits per heavy atom. The molecule has 1 aromatic heterocycles. The van der Waals surface area contributed by atoms with Crippen molar-refractivity contribution in [2.24, 2.45) is 0 Å². The van der Waals surface area contributed by atoms with Crippen molar-refractivity contribution in [1.29, 1.82) is 0 Å². The number of carbonyl (C=O) groups is 1. The summed E-state index contributed by atoms with van der Waals surface area (Å²) >= 11 is 0. The maximum absolute atomic E-state index is 13.1. The summed E-state index contributed by atoms with van der Waals surface area (Å²) in [6.07, 6.45) is 1.77. The van der Waals surface area contributed by atoms with E-state index in [0.29, 0.717) is 18.3 Å². The number of rotatable bonds is 3. The first kappa shape index (κ1) is 17.5. The van der Waals surface area contributed by atoms with Gasteiger partial charge in [-0.1, -0.05) is 52.7 Å². The van der Waals surface area contributed by atoms with Gasteiger partial charge in [0.05, 0.1) is 0 Å². The van der Waals surface area contributed by atoms with E-state index in [1.165, 1.54) is 5.56 Å². The summed E-state index contributed by atoms with van der Waals surface area (Å²) in [5, 5.41) is 4.13. The van der Waals surface area contributed by atoms with Gasteiger partial charge in [0.1, 0.15) is 6.04 Å². The second kappa shape index (κ2) is 6.99. The third kappa shape index (κ3) is 3.37. The lowest BCUT2D eigenvalue weighted by molar-refractivity contribution is 0.0709. The molecular formula is C22H23N3O2. The molecular weight excluding hydrogens is 338 g/mol. The molecule has 5 nitrogen and oxygen atoms in total. The minimum absolute atomic E-state index is 0.0325. The van der Waals surface area contributed by atoms with Crippen molar-refractivity contribution in [1.82, 2.24) is 15.0 Å². The lowest BCUT2D eigenvalue weighted by Crippen LogP contribution is -2.31. The second-order valence-corrected chi connectivity index (χ2v) is 7.30. The number of hydrogen-bond donors (Lipinski definition) is 0. The van der Waals surface area contributed by atoms with Gasteiger partial charge in [-0.25, -0.2) is 0 Å². The fraction of sp³-hybridized carbons (Fsp3) is 0.318. The first-order valence-electron chi connectivity index (χ1n) is 9.32. The van der Waals surface area contributed by atoms with Gasteiger partial charge in [0.15, 0.2) is 0 Å². The number of aromatic nitrogens is 2. The predicted molar refractivity (Wildman–Crippen MR) is 103 cm³/mol. The molecule has 5 heteroatoms. The molecule has 27 heavy (non-hydrogen) atoms. The largest absolute Gasteiger partial charge is 0.337 e. The van der Waals surface area contributed by atoms with Gasteiger partial charge in [0.25, 0.3) is 5.91 Å². The molecule has 1 aliphatic heterocycles. The van der Waals surface area contributed by atoms with Crippen LogP contribution in [0.25, 0.3) is 11.4 Å². The molecule has 0 aliphatic carbocycles. The molecule has 1 amide bonds. The van der Waals surface area contributed by atoms with Crippen LogP contribution >= 0.6 is 0 Å². The summed E-state index contributed by atoms with van der Waals surface area (Å²) in [5.74, 6) is 1.11. The lowest BCUT2D eigenvalue weighted by Gasteiger charge is -2.22. The Bertz CT molecular complexity index is 975. The molecule has 0 unspecified atom stereocenters. The first-order valence-corrected chi connectivity index (χ1v) is 9.32. The number of likely N-dealkylation sites (tertiary alicyclic amines) is 1. The zero-order chi connectivity index (χ0) is 19.0. The number of hydrogen-bond acceptors (Lipinski definition) is 4. The fourth-order valence-corrected chi connectivity index (χ4v) is 3.67. The van der Waals surface area contributed by atoms with Crippen molar-refractivity contribution in [2.45, 2.75) is 39.7 Å². The van der Waals surface area contributed by atoms with E-state index in [1.54, 1.807) is 0 Å². The fourth-order valence-electron chi connectivity index (χ4n) is 3.67. The third-order valence-electron chi connectivity index (χ3n) is 5.16. The highest BCUT2D eigenvalue weighted by Crippen LogP contribution is 2.33. The summed E-state index contributed by atoms with van der Waals surface area (Å²) in [4.78, 5) is 19.6. The summed E-state index contributed by atoms with van der Waals surface area (Å²) in [6, 6.07) is 13.8. The molecule has 4 rings (SSSR count). The van der Waals surface area contributed by atoms with Crippen LogP contribution in [0.2, 0.25) is 0 Å². The van der Waals surface area contributed by atoms with Crippen molar-refractivity contribution >= 4 is 5.91 Å². The average molecular weight is 361 g/mol. The average Bonchev–Trinajstić information content (AvgIpc) is 3.31. The molecule has 138 valence electrons. The molecule has 1 aliphatic rings. The Morgan fingerprint density at radius 1 is 1.07 bits per heavy atom. The van der Waals surface area contributed by atoms with E-state index in [1.807, 2.05) is 68.1 Å². The van der Waals surface area contributed by atoms with Crippen molar-refractivity contribution in [3.8, 4) is 11.4 Å². The maximum atomic E-state index is 13.1. The lowest BCUT2D eigenvalue weighted by atomic mass is 10.0. The van der Waals surface area contributed by atoms with Crippen LogP contribution in [0.5, 0.6) is 0 Å². The molecule has 0 radical (unpaired) electrons. The highest BCUT2D eigenvalue weighted by atomic mass is 16.5. The summed E-state index contributed by atoms with van der Waals surface area (Å²) in [6.45, 7) is 6.76. The SMILES string of the molecule is Cc1ccc(-c2noc([C@H]3CCCN3C(=O)c3ccc(C)cc3C)n2)cc1. The topological polar surface area (TPSA) is 59.2 Å². The quantitative estimate of drug-likeness (QED) is 0.682. The van der Waals surface area contributed by atoms with E-state index in [9.17, 15) is 4.79 Å². The predicted octanol–water partition coefficient (Wildman–Crippen LogP) is 4.64. The summed E-state index contributed by atoms with van der Waals surface area (Å²) < 4.78 is 5.54. The Hall–Kier alpha value is -2.95.